The standard InChI is InChI=1S/C22H25ClFN5O5/c1-22(2,3)34-21(32)25-8-10-33-16-6-5-15(24)18(23)14(16)12-28(4)17-7-9-29-19(27-17)13(11-26-29)20(30)31/h5-7,9,11H,8,10,12H2,1-4H3,(H,25,32)(H,30,31). The number of carboxylic acids is 1. The number of hydrogen-bond acceptors (Lipinski definition) is 7. The van der Waals surface area contributed by atoms with E-state index in [2.05, 4.69) is 15.4 Å². The summed E-state index contributed by atoms with van der Waals surface area (Å²) in [6.45, 7) is 5.65. The van der Waals surface area contributed by atoms with Crippen molar-refractivity contribution in [3.05, 3.63) is 52.6 Å². The van der Waals surface area contributed by atoms with Gasteiger partial charge in [0.05, 0.1) is 17.8 Å². The fraction of sp³-hybridized carbons (Fsp3) is 0.364. The minimum Gasteiger partial charge on any atom is -0.491 e. The summed E-state index contributed by atoms with van der Waals surface area (Å²) in [5.74, 6) is -1.00. The second-order valence-corrected chi connectivity index (χ2v) is 8.77. The minimum atomic E-state index is -1.15. The molecule has 1 amide bonds. The molecule has 0 aliphatic heterocycles. The van der Waals surface area contributed by atoms with Gasteiger partial charge < -0.3 is 24.8 Å². The van der Waals surface area contributed by atoms with Crippen molar-refractivity contribution in [1.29, 1.82) is 0 Å². The quantitative estimate of drug-likeness (QED) is 0.455. The lowest BCUT2D eigenvalue weighted by Crippen LogP contribution is -2.34. The molecule has 0 saturated carbocycles. The zero-order chi connectivity index (χ0) is 25.0. The van der Waals surface area contributed by atoms with Crippen LogP contribution in [0.1, 0.15) is 36.7 Å². The van der Waals surface area contributed by atoms with E-state index < -0.39 is 23.5 Å². The van der Waals surface area contributed by atoms with E-state index in [1.807, 2.05) is 0 Å². The van der Waals surface area contributed by atoms with Gasteiger partial charge in [-0.3, -0.25) is 0 Å². The molecule has 0 aliphatic carbocycles. The van der Waals surface area contributed by atoms with E-state index >= 15 is 0 Å². The first-order valence-electron chi connectivity index (χ1n) is 10.3. The Hall–Kier alpha value is -3.60. The summed E-state index contributed by atoms with van der Waals surface area (Å²) in [4.78, 5) is 29.2. The summed E-state index contributed by atoms with van der Waals surface area (Å²) in [6.07, 6.45) is 2.22. The zero-order valence-corrected chi connectivity index (χ0v) is 19.9. The maximum Gasteiger partial charge on any atom is 0.407 e. The number of hydrogen-bond donors (Lipinski definition) is 2. The summed E-state index contributed by atoms with van der Waals surface area (Å²) >= 11 is 6.23. The number of halogens is 2. The highest BCUT2D eigenvalue weighted by molar-refractivity contribution is 6.31. The maximum absolute atomic E-state index is 14.2. The first-order chi connectivity index (χ1) is 16.0. The highest BCUT2D eigenvalue weighted by atomic mass is 35.5. The molecule has 12 heteroatoms. The average molecular weight is 494 g/mol. The number of aromatic carboxylic acids is 1. The maximum atomic E-state index is 14.2. The number of carboxylic acid groups (broad SMARTS) is 1. The molecule has 0 bridgehead atoms. The van der Waals surface area contributed by atoms with E-state index in [0.29, 0.717) is 17.1 Å². The number of anilines is 1. The Morgan fingerprint density at radius 3 is 2.71 bits per heavy atom. The fourth-order valence-electron chi connectivity index (χ4n) is 3.03. The molecule has 3 aromatic rings. The number of carbonyl (C=O) groups excluding carboxylic acids is 1. The molecule has 1 aromatic carbocycles. The fourth-order valence-corrected chi connectivity index (χ4v) is 3.24. The van der Waals surface area contributed by atoms with Crippen molar-refractivity contribution in [2.45, 2.75) is 32.9 Å². The molecule has 0 unspecified atom stereocenters. The third-order valence-electron chi connectivity index (χ3n) is 4.55. The first kappa shape index (κ1) is 25.0. The minimum absolute atomic E-state index is 0.0412. The molecule has 10 nitrogen and oxygen atoms in total. The summed E-state index contributed by atoms with van der Waals surface area (Å²) in [5.41, 5.74) is -0.116. The van der Waals surface area contributed by atoms with Crippen LogP contribution in [0.25, 0.3) is 5.65 Å². The number of amides is 1. The van der Waals surface area contributed by atoms with Crippen LogP contribution in [0.3, 0.4) is 0 Å². The van der Waals surface area contributed by atoms with Gasteiger partial charge in [0, 0.05) is 25.4 Å². The van der Waals surface area contributed by atoms with E-state index in [1.54, 1.807) is 45.0 Å². The zero-order valence-electron chi connectivity index (χ0n) is 19.1. The van der Waals surface area contributed by atoms with Gasteiger partial charge in [-0.25, -0.2) is 23.5 Å². The number of nitrogens with zero attached hydrogens (tertiary/aromatic N) is 4. The van der Waals surface area contributed by atoms with Gasteiger partial charge in [0.1, 0.15) is 35.2 Å². The van der Waals surface area contributed by atoms with Gasteiger partial charge in [-0.15, -0.1) is 0 Å². The summed E-state index contributed by atoms with van der Waals surface area (Å²) < 4.78 is 26.5. The normalized spacial score (nSPS) is 11.4. The third-order valence-corrected chi connectivity index (χ3v) is 4.96. The molecule has 0 spiro atoms. The Kier molecular flexibility index (Phi) is 7.45. The molecule has 0 saturated heterocycles. The van der Waals surface area contributed by atoms with E-state index in [1.165, 1.54) is 22.8 Å². The number of aromatic nitrogens is 3. The van der Waals surface area contributed by atoms with E-state index in [9.17, 15) is 19.1 Å². The number of ether oxygens (including phenoxy) is 2. The van der Waals surface area contributed by atoms with E-state index in [4.69, 9.17) is 21.1 Å². The number of carbonyl (C=O) groups is 2. The van der Waals surface area contributed by atoms with Crippen LogP contribution < -0.4 is 15.0 Å². The van der Waals surface area contributed by atoms with Crippen LogP contribution in [0.5, 0.6) is 5.75 Å². The predicted octanol–water partition coefficient (Wildman–Crippen LogP) is 3.76. The molecule has 0 atom stereocenters. The number of nitrogens with one attached hydrogen (secondary N) is 1. The number of rotatable bonds is 8. The second-order valence-electron chi connectivity index (χ2n) is 8.39. The van der Waals surface area contributed by atoms with Crippen LogP contribution in [-0.2, 0) is 11.3 Å². The van der Waals surface area contributed by atoms with Gasteiger partial charge in [-0.05, 0) is 39.0 Å². The highest BCUT2D eigenvalue weighted by Crippen LogP contribution is 2.31. The van der Waals surface area contributed by atoms with Gasteiger partial charge in [-0.1, -0.05) is 11.6 Å². The molecule has 3 rings (SSSR count). The summed E-state index contributed by atoms with van der Waals surface area (Å²) in [5, 5.41) is 15.7. The van der Waals surface area contributed by atoms with Crippen LogP contribution in [0, 0.1) is 5.82 Å². The molecule has 0 radical (unpaired) electrons. The second kappa shape index (κ2) is 10.1. The smallest absolute Gasteiger partial charge is 0.407 e. The van der Waals surface area contributed by atoms with Crippen molar-refractivity contribution in [3.63, 3.8) is 0 Å². The third kappa shape index (κ3) is 6.04. The van der Waals surface area contributed by atoms with Gasteiger partial charge >= 0.3 is 12.1 Å². The Morgan fingerprint density at radius 2 is 2.03 bits per heavy atom. The van der Waals surface area contributed by atoms with Crippen molar-refractivity contribution in [3.8, 4) is 5.75 Å². The molecular weight excluding hydrogens is 469 g/mol. The van der Waals surface area contributed by atoms with Crippen molar-refractivity contribution < 1.29 is 28.6 Å². The van der Waals surface area contributed by atoms with Crippen molar-refractivity contribution >= 4 is 35.1 Å². The van der Waals surface area contributed by atoms with Crippen LogP contribution in [0.4, 0.5) is 15.0 Å². The largest absolute Gasteiger partial charge is 0.491 e. The van der Waals surface area contributed by atoms with Crippen LogP contribution in [0.15, 0.2) is 30.6 Å². The first-order valence-corrected chi connectivity index (χ1v) is 10.7. The molecular formula is C22H25ClFN5O5. The SMILES string of the molecule is CN(Cc1c(OCCNC(=O)OC(C)(C)C)ccc(F)c1Cl)c1ccn2ncc(C(=O)O)c2n1. The van der Waals surface area contributed by atoms with Crippen molar-refractivity contribution in [2.24, 2.45) is 0 Å². The van der Waals surface area contributed by atoms with Gasteiger partial charge in [0.25, 0.3) is 0 Å². The lowest BCUT2D eigenvalue weighted by atomic mass is 10.1. The van der Waals surface area contributed by atoms with Crippen LogP contribution in [0.2, 0.25) is 5.02 Å². The van der Waals surface area contributed by atoms with Crippen LogP contribution >= 0.6 is 11.6 Å². The Morgan fingerprint density at radius 1 is 1.29 bits per heavy atom. The number of fused-ring (bicyclic) bond motifs is 1. The Bertz CT molecular complexity index is 1210. The van der Waals surface area contributed by atoms with Crippen molar-refractivity contribution in [2.75, 3.05) is 25.1 Å². The van der Waals surface area contributed by atoms with Gasteiger partial charge in [-0.2, -0.15) is 5.10 Å². The van der Waals surface area contributed by atoms with E-state index in [0.717, 1.165) is 0 Å². The lowest BCUT2D eigenvalue weighted by molar-refractivity contribution is 0.0519. The molecule has 182 valence electrons. The summed E-state index contributed by atoms with van der Waals surface area (Å²) in [6, 6.07) is 4.29. The monoisotopic (exact) mass is 493 g/mol. The average Bonchev–Trinajstić information content (AvgIpc) is 3.18. The van der Waals surface area contributed by atoms with E-state index in [-0.39, 0.29) is 35.9 Å². The summed E-state index contributed by atoms with van der Waals surface area (Å²) in [7, 11) is 1.70. The van der Waals surface area contributed by atoms with Gasteiger partial charge in [0.15, 0.2) is 5.65 Å². The Balaban J connectivity index is 1.73. The molecule has 2 N–H and O–H groups in total. The topological polar surface area (TPSA) is 118 Å². The molecule has 0 fully saturated rings. The molecule has 2 aromatic heterocycles. The molecule has 0 aliphatic rings. The number of benzene rings is 1. The van der Waals surface area contributed by atoms with Crippen LogP contribution in [-0.4, -0.2) is 57.6 Å². The molecule has 2 heterocycles. The number of alkyl carbamates (subject to hydrolysis) is 1. The van der Waals surface area contributed by atoms with Gasteiger partial charge in [0.2, 0.25) is 0 Å². The Labute approximate surface area is 200 Å². The lowest BCUT2D eigenvalue weighted by Gasteiger charge is -2.22. The predicted molar refractivity (Wildman–Crippen MR) is 123 cm³/mol. The highest BCUT2D eigenvalue weighted by Gasteiger charge is 2.19. The molecule has 34 heavy (non-hydrogen) atoms. The van der Waals surface area contributed by atoms with Crippen molar-refractivity contribution in [1.82, 2.24) is 19.9 Å².